The second-order valence-corrected chi connectivity index (χ2v) is 8.10. The first-order valence-corrected chi connectivity index (χ1v) is 10.0. The van der Waals surface area contributed by atoms with Gasteiger partial charge in [-0.2, -0.15) is 26.3 Å². The van der Waals surface area contributed by atoms with Crippen LogP contribution in [-0.2, 0) is 12.4 Å². The van der Waals surface area contributed by atoms with Gasteiger partial charge in [0, 0.05) is 37.7 Å². The number of rotatable bonds is 6. The number of urea groups is 1. The third-order valence-corrected chi connectivity index (χ3v) is 4.50. The Labute approximate surface area is 192 Å². The predicted octanol–water partition coefficient (Wildman–Crippen LogP) is 5.82. The molecule has 186 valence electrons. The molecule has 6 nitrogen and oxygen atoms in total. The SMILES string of the molecule is CC(C)CNC(=O)c1cc(NC(=O)Nc2cc(C(F)(F)F)cc(C(F)(F)F)c2)ccc1N(C)C. The Balaban J connectivity index is 2.29. The maximum atomic E-state index is 13.0. The molecule has 0 saturated heterocycles. The lowest BCUT2D eigenvalue weighted by atomic mass is 10.1. The number of alkyl halides is 6. The summed E-state index contributed by atoms with van der Waals surface area (Å²) >= 11 is 0. The Morgan fingerprint density at radius 1 is 0.853 bits per heavy atom. The minimum atomic E-state index is -5.05. The smallest absolute Gasteiger partial charge is 0.377 e. The molecule has 34 heavy (non-hydrogen) atoms. The highest BCUT2D eigenvalue weighted by Crippen LogP contribution is 2.37. The summed E-state index contributed by atoms with van der Waals surface area (Å²) in [6.45, 7) is 4.22. The van der Waals surface area contributed by atoms with Crippen LogP contribution in [0.1, 0.15) is 35.3 Å². The number of hydrogen-bond donors (Lipinski definition) is 3. The van der Waals surface area contributed by atoms with E-state index in [0.717, 1.165) is 0 Å². The summed E-state index contributed by atoms with van der Waals surface area (Å²) in [7, 11) is 3.42. The Morgan fingerprint density at radius 3 is 1.85 bits per heavy atom. The number of amides is 3. The Bertz CT molecular complexity index is 1020. The summed E-state index contributed by atoms with van der Waals surface area (Å²) in [5.74, 6) is -0.220. The molecule has 0 heterocycles. The molecular formula is C22H24F6N4O2. The molecule has 0 radical (unpaired) electrons. The van der Waals surface area contributed by atoms with E-state index in [4.69, 9.17) is 0 Å². The van der Waals surface area contributed by atoms with Crippen LogP contribution in [0.25, 0.3) is 0 Å². The van der Waals surface area contributed by atoms with Crippen molar-refractivity contribution in [3.05, 3.63) is 53.1 Å². The highest BCUT2D eigenvalue weighted by Gasteiger charge is 2.37. The van der Waals surface area contributed by atoms with Crippen molar-refractivity contribution in [1.29, 1.82) is 0 Å². The molecular weight excluding hydrogens is 466 g/mol. The maximum absolute atomic E-state index is 13.0. The van der Waals surface area contributed by atoms with Crippen molar-refractivity contribution in [3.8, 4) is 0 Å². The molecule has 12 heteroatoms. The number of nitrogens with zero attached hydrogens (tertiary/aromatic N) is 1. The molecule has 0 unspecified atom stereocenters. The van der Waals surface area contributed by atoms with Crippen molar-refractivity contribution in [1.82, 2.24) is 5.32 Å². The molecule has 2 aromatic carbocycles. The predicted molar refractivity (Wildman–Crippen MR) is 117 cm³/mol. The molecule has 0 aliphatic heterocycles. The molecule has 0 aliphatic carbocycles. The standard InChI is InChI=1S/C22H24F6N4O2/c1-12(2)11-29-19(33)17-10-15(5-6-18(17)32(3)4)30-20(34)31-16-8-13(21(23,24)25)7-14(9-16)22(26,27)28/h5-10,12H,11H2,1-4H3,(H,29,33)(H2,30,31,34). The zero-order chi connectivity index (χ0) is 25.8. The van der Waals surface area contributed by atoms with Crippen LogP contribution in [0.3, 0.4) is 0 Å². The van der Waals surface area contributed by atoms with E-state index in [1.54, 1.807) is 25.1 Å². The first-order chi connectivity index (χ1) is 15.6. The summed E-state index contributed by atoms with van der Waals surface area (Å²) < 4.78 is 78.1. The van der Waals surface area contributed by atoms with Crippen LogP contribution in [0.4, 0.5) is 48.2 Å². The van der Waals surface area contributed by atoms with Gasteiger partial charge in [0.05, 0.1) is 16.7 Å². The Morgan fingerprint density at radius 2 is 1.38 bits per heavy atom. The van der Waals surface area contributed by atoms with Crippen LogP contribution in [0.15, 0.2) is 36.4 Å². The van der Waals surface area contributed by atoms with Crippen LogP contribution in [-0.4, -0.2) is 32.6 Å². The highest BCUT2D eigenvalue weighted by atomic mass is 19.4. The molecule has 2 rings (SSSR count). The third kappa shape index (κ3) is 7.29. The van der Waals surface area contributed by atoms with Crippen molar-refractivity contribution in [2.24, 2.45) is 5.92 Å². The molecule has 0 aromatic heterocycles. The number of anilines is 3. The van der Waals surface area contributed by atoms with E-state index >= 15 is 0 Å². The van der Waals surface area contributed by atoms with E-state index in [0.29, 0.717) is 24.4 Å². The van der Waals surface area contributed by atoms with Crippen LogP contribution in [0, 0.1) is 5.92 Å². The van der Waals surface area contributed by atoms with Crippen molar-refractivity contribution in [2.45, 2.75) is 26.2 Å². The van der Waals surface area contributed by atoms with Crippen LogP contribution in [0.2, 0.25) is 0 Å². The van der Waals surface area contributed by atoms with Crippen molar-refractivity contribution in [3.63, 3.8) is 0 Å². The van der Waals surface area contributed by atoms with Crippen LogP contribution < -0.4 is 20.9 Å². The Hall–Kier alpha value is -3.44. The molecule has 0 atom stereocenters. The average Bonchev–Trinajstić information content (AvgIpc) is 2.70. The highest BCUT2D eigenvalue weighted by molar-refractivity contribution is 6.04. The summed E-state index contributed by atoms with van der Waals surface area (Å²) in [5, 5.41) is 7.05. The normalized spacial score (nSPS) is 11.9. The zero-order valence-electron chi connectivity index (χ0n) is 18.8. The number of halogens is 6. The van der Waals surface area contributed by atoms with Gasteiger partial charge in [-0.05, 0) is 42.3 Å². The van der Waals surface area contributed by atoms with Gasteiger partial charge in [-0.25, -0.2) is 4.79 Å². The van der Waals surface area contributed by atoms with Gasteiger partial charge in [-0.15, -0.1) is 0 Å². The fraction of sp³-hybridized carbons (Fsp3) is 0.364. The van der Waals surface area contributed by atoms with E-state index < -0.39 is 41.1 Å². The van der Waals surface area contributed by atoms with E-state index in [1.807, 2.05) is 19.2 Å². The lowest BCUT2D eigenvalue weighted by Gasteiger charge is -2.19. The number of carbonyl (C=O) groups is 2. The van der Waals surface area contributed by atoms with Gasteiger partial charge < -0.3 is 20.9 Å². The fourth-order valence-corrected chi connectivity index (χ4v) is 2.90. The van der Waals surface area contributed by atoms with Gasteiger partial charge in [-0.3, -0.25) is 4.79 Å². The van der Waals surface area contributed by atoms with Gasteiger partial charge in [0.1, 0.15) is 0 Å². The van der Waals surface area contributed by atoms with Gasteiger partial charge in [-0.1, -0.05) is 13.8 Å². The van der Waals surface area contributed by atoms with Crippen molar-refractivity contribution in [2.75, 3.05) is 36.2 Å². The Kier molecular flexibility index (Phi) is 8.06. The number of carbonyl (C=O) groups excluding carboxylic acids is 2. The molecule has 0 spiro atoms. The molecule has 3 amide bonds. The summed E-state index contributed by atoms with van der Waals surface area (Å²) in [5.41, 5.74) is -2.93. The lowest BCUT2D eigenvalue weighted by Crippen LogP contribution is -2.29. The summed E-state index contributed by atoms with van der Waals surface area (Å²) in [6, 6.07) is 4.03. The van der Waals surface area contributed by atoms with E-state index in [1.165, 1.54) is 12.1 Å². The molecule has 0 bridgehead atoms. The number of hydrogen-bond acceptors (Lipinski definition) is 3. The van der Waals surface area contributed by atoms with E-state index in [2.05, 4.69) is 10.6 Å². The van der Waals surface area contributed by atoms with E-state index in [-0.39, 0.29) is 23.2 Å². The van der Waals surface area contributed by atoms with Crippen LogP contribution >= 0.6 is 0 Å². The summed E-state index contributed by atoms with van der Waals surface area (Å²) in [4.78, 5) is 26.6. The van der Waals surface area contributed by atoms with E-state index in [9.17, 15) is 35.9 Å². The number of benzene rings is 2. The minimum Gasteiger partial charge on any atom is -0.377 e. The first kappa shape index (κ1) is 26.8. The molecule has 0 saturated carbocycles. The topological polar surface area (TPSA) is 73.5 Å². The molecule has 2 aromatic rings. The van der Waals surface area contributed by atoms with Gasteiger partial charge in [0.2, 0.25) is 0 Å². The van der Waals surface area contributed by atoms with Gasteiger partial charge in [0.25, 0.3) is 5.91 Å². The minimum absolute atomic E-state index is 0.0366. The molecule has 0 fully saturated rings. The monoisotopic (exact) mass is 490 g/mol. The van der Waals surface area contributed by atoms with Crippen LogP contribution in [0.5, 0.6) is 0 Å². The first-order valence-electron chi connectivity index (χ1n) is 10.0. The van der Waals surface area contributed by atoms with Gasteiger partial charge >= 0.3 is 18.4 Å². The maximum Gasteiger partial charge on any atom is 0.416 e. The quantitative estimate of drug-likeness (QED) is 0.447. The third-order valence-electron chi connectivity index (χ3n) is 4.50. The van der Waals surface area contributed by atoms with Gasteiger partial charge in [0.15, 0.2) is 0 Å². The fourth-order valence-electron chi connectivity index (χ4n) is 2.90. The summed E-state index contributed by atoms with van der Waals surface area (Å²) in [6.07, 6.45) is -10.1. The second kappa shape index (κ2) is 10.2. The number of nitrogens with one attached hydrogen (secondary N) is 3. The average molecular weight is 490 g/mol. The molecule has 0 aliphatic rings. The second-order valence-electron chi connectivity index (χ2n) is 8.10. The molecule has 3 N–H and O–H groups in total. The van der Waals surface area contributed by atoms with Crippen molar-refractivity contribution < 1.29 is 35.9 Å². The zero-order valence-corrected chi connectivity index (χ0v) is 18.8. The largest absolute Gasteiger partial charge is 0.416 e. The van der Waals surface area contributed by atoms with Crippen molar-refractivity contribution >= 4 is 29.0 Å². The lowest BCUT2D eigenvalue weighted by molar-refractivity contribution is -0.143.